The van der Waals surface area contributed by atoms with Crippen molar-refractivity contribution >= 4 is 13.8 Å². The summed E-state index contributed by atoms with van der Waals surface area (Å²) in [5.41, 5.74) is 0. The largest absolute Gasteiger partial charge is 0.472 e. The van der Waals surface area contributed by atoms with Crippen molar-refractivity contribution in [2.24, 2.45) is 0 Å². The van der Waals surface area contributed by atoms with E-state index in [1.54, 1.807) is 0 Å². The Balaban J connectivity index is 3.81. The Labute approximate surface area is 310 Å². The molecule has 0 amide bonds. The molecule has 0 rings (SSSR count). The molecular formula is C41H85NO7P+. The molecule has 2 atom stereocenters. The van der Waals surface area contributed by atoms with Crippen molar-refractivity contribution in [1.82, 2.24) is 0 Å². The van der Waals surface area contributed by atoms with E-state index >= 15 is 0 Å². The van der Waals surface area contributed by atoms with Crippen LogP contribution < -0.4 is 0 Å². The Morgan fingerprint density at radius 3 is 1.32 bits per heavy atom. The molecule has 0 saturated heterocycles. The fraction of sp³-hybridized carbons (Fsp3) is 0.976. The number of phosphoric ester groups is 1. The van der Waals surface area contributed by atoms with Crippen molar-refractivity contribution in [2.45, 2.75) is 206 Å². The Morgan fingerprint density at radius 1 is 0.540 bits per heavy atom. The number of carbonyl (C=O) groups is 1. The van der Waals surface area contributed by atoms with E-state index in [1.165, 1.54) is 141 Å². The molecule has 2 unspecified atom stereocenters. The minimum Gasteiger partial charge on any atom is -0.457 e. The number of ether oxygens (including phenoxy) is 2. The van der Waals surface area contributed by atoms with Crippen molar-refractivity contribution in [2.75, 3.05) is 54.1 Å². The van der Waals surface area contributed by atoms with Crippen LogP contribution in [-0.2, 0) is 27.9 Å². The van der Waals surface area contributed by atoms with E-state index in [1.807, 2.05) is 21.1 Å². The van der Waals surface area contributed by atoms with Gasteiger partial charge in [0, 0.05) is 13.0 Å². The quantitative estimate of drug-likeness (QED) is 0.0290. The van der Waals surface area contributed by atoms with Crippen molar-refractivity contribution in [3.63, 3.8) is 0 Å². The molecule has 0 aromatic heterocycles. The van der Waals surface area contributed by atoms with Gasteiger partial charge < -0.3 is 18.9 Å². The van der Waals surface area contributed by atoms with Crippen LogP contribution >= 0.6 is 7.82 Å². The minimum atomic E-state index is -4.25. The monoisotopic (exact) mass is 735 g/mol. The number of unbranched alkanes of at least 4 members (excludes halogenated alkanes) is 26. The summed E-state index contributed by atoms with van der Waals surface area (Å²) in [6.07, 6.45) is 36.3. The molecule has 0 heterocycles. The maximum atomic E-state index is 12.4. The fourth-order valence-corrected chi connectivity index (χ4v) is 6.82. The van der Waals surface area contributed by atoms with Gasteiger partial charge >= 0.3 is 13.8 Å². The van der Waals surface area contributed by atoms with Crippen molar-refractivity contribution in [3.05, 3.63) is 0 Å². The van der Waals surface area contributed by atoms with Crippen molar-refractivity contribution < 1.29 is 37.3 Å². The van der Waals surface area contributed by atoms with Gasteiger partial charge in [-0.25, -0.2) is 4.57 Å². The zero-order valence-corrected chi connectivity index (χ0v) is 34.8. The summed E-state index contributed by atoms with van der Waals surface area (Å²) in [5.74, 6) is -0.327. The number of hydrogen-bond donors (Lipinski definition) is 1. The summed E-state index contributed by atoms with van der Waals surface area (Å²) in [5, 5.41) is 0. The van der Waals surface area contributed by atoms with E-state index in [0.29, 0.717) is 24.1 Å². The number of nitrogens with zero attached hydrogens (tertiary/aromatic N) is 1. The summed E-state index contributed by atoms with van der Waals surface area (Å²) in [4.78, 5) is 22.5. The van der Waals surface area contributed by atoms with E-state index in [2.05, 4.69) is 13.8 Å². The highest BCUT2D eigenvalue weighted by atomic mass is 31.2. The average molecular weight is 735 g/mol. The molecule has 0 radical (unpaired) electrons. The summed E-state index contributed by atoms with van der Waals surface area (Å²) in [6.45, 7) is 5.54. The van der Waals surface area contributed by atoms with Gasteiger partial charge in [0.2, 0.25) is 0 Å². The Hall–Kier alpha value is -0.500. The molecule has 0 saturated carbocycles. The van der Waals surface area contributed by atoms with Crippen LogP contribution in [0.5, 0.6) is 0 Å². The van der Waals surface area contributed by atoms with Crippen LogP contribution in [0.25, 0.3) is 0 Å². The number of quaternary nitrogens is 1. The van der Waals surface area contributed by atoms with Crippen LogP contribution in [0.3, 0.4) is 0 Å². The van der Waals surface area contributed by atoms with Gasteiger partial charge in [-0.3, -0.25) is 13.8 Å². The number of likely N-dealkylation sites (N-methyl/N-ethyl adjacent to an activating group) is 1. The van der Waals surface area contributed by atoms with Gasteiger partial charge in [0.1, 0.15) is 19.3 Å². The third-order valence-electron chi connectivity index (χ3n) is 9.42. The number of esters is 1. The predicted molar refractivity (Wildman–Crippen MR) is 211 cm³/mol. The standard InChI is InChI=1S/C41H84NO7P/c1-6-8-10-12-13-14-15-16-17-18-19-20-21-22-23-24-25-26-27-28-29-30-31-33-36-46-38-40(49-41(43)34-32-11-9-7-2)39-48-50(44,45)47-37-35-42(3,4)5/h40H,6-39H2,1-5H3/p+1. The zero-order valence-electron chi connectivity index (χ0n) is 33.9. The van der Waals surface area contributed by atoms with Crippen LogP contribution in [0, 0.1) is 0 Å². The molecule has 0 aromatic carbocycles. The van der Waals surface area contributed by atoms with Gasteiger partial charge in [-0.15, -0.1) is 0 Å². The molecular weight excluding hydrogens is 649 g/mol. The summed E-state index contributed by atoms with van der Waals surface area (Å²) >= 11 is 0. The minimum absolute atomic E-state index is 0.0925. The third kappa shape index (κ3) is 38.7. The molecule has 50 heavy (non-hydrogen) atoms. The highest BCUT2D eigenvalue weighted by Gasteiger charge is 2.26. The molecule has 0 aromatic rings. The van der Waals surface area contributed by atoms with Gasteiger partial charge in [0.25, 0.3) is 0 Å². The lowest BCUT2D eigenvalue weighted by Gasteiger charge is -2.24. The van der Waals surface area contributed by atoms with Gasteiger partial charge in [-0.1, -0.05) is 181 Å². The Bertz CT molecular complexity index is 777. The number of hydrogen-bond acceptors (Lipinski definition) is 6. The molecule has 9 heteroatoms. The van der Waals surface area contributed by atoms with Gasteiger partial charge in [-0.05, 0) is 12.8 Å². The Morgan fingerprint density at radius 2 is 0.920 bits per heavy atom. The van der Waals surface area contributed by atoms with E-state index < -0.39 is 13.9 Å². The second-order valence-corrected chi connectivity index (χ2v) is 17.2. The number of phosphoric acid groups is 1. The second kappa shape index (κ2) is 35.5. The Kier molecular flexibility index (Phi) is 35.2. The molecule has 0 bridgehead atoms. The van der Waals surface area contributed by atoms with E-state index in [9.17, 15) is 14.3 Å². The topological polar surface area (TPSA) is 91.3 Å². The van der Waals surface area contributed by atoms with Gasteiger partial charge in [0.15, 0.2) is 0 Å². The molecule has 0 aliphatic rings. The first kappa shape index (κ1) is 49.5. The van der Waals surface area contributed by atoms with Gasteiger partial charge in [-0.2, -0.15) is 0 Å². The SMILES string of the molecule is CCCCCCCCCCCCCCCCCCCCCCCCCCOCC(COP(=O)(O)OCC[N+](C)(C)C)OC(=O)CCCCCC. The van der Waals surface area contributed by atoms with Crippen LogP contribution in [0.2, 0.25) is 0 Å². The van der Waals surface area contributed by atoms with E-state index in [4.69, 9.17) is 18.5 Å². The second-order valence-electron chi connectivity index (χ2n) is 15.7. The molecule has 0 spiro atoms. The number of carbonyl (C=O) groups excluding carboxylic acids is 1. The highest BCUT2D eigenvalue weighted by molar-refractivity contribution is 7.47. The summed E-state index contributed by atoms with van der Waals surface area (Å²) in [7, 11) is 1.68. The van der Waals surface area contributed by atoms with E-state index in [0.717, 1.165) is 38.5 Å². The lowest BCUT2D eigenvalue weighted by atomic mass is 10.0. The normalized spacial score (nSPS) is 13.8. The van der Waals surface area contributed by atoms with Gasteiger partial charge in [0.05, 0.1) is 34.4 Å². The molecule has 8 nitrogen and oxygen atoms in total. The van der Waals surface area contributed by atoms with E-state index in [-0.39, 0.29) is 25.8 Å². The van der Waals surface area contributed by atoms with Crippen LogP contribution in [-0.4, -0.2) is 75.6 Å². The fourth-order valence-electron chi connectivity index (χ4n) is 6.08. The van der Waals surface area contributed by atoms with Crippen molar-refractivity contribution in [3.8, 4) is 0 Å². The third-order valence-corrected chi connectivity index (χ3v) is 10.4. The molecule has 0 fully saturated rings. The molecule has 0 aliphatic carbocycles. The predicted octanol–water partition coefficient (Wildman–Crippen LogP) is 12.1. The molecule has 0 aliphatic heterocycles. The number of rotatable bonds is 40. The summed E-state index contributed by atoms with van der Waals surface area (Å²) < 4.78 is 34.6. The first-order valence-corrected chi connectivity index (χ1v) is 22.8. The smallest absolute Gasteiger partial charge is 0.457 e. The first-order chi connectivity index (χ1) is 24.1. The first-order valence-electron chi connectivity index (χ1n) is 21.3. The maximum Gasteiger partial charge on any atom is 0.472 e. The highest BCUT2D eigenvalue weighted by Crippen LogP contribution is 2.43. The van der Waals surface area contributed by atoms with Crippen LogP contribution in [0.1, 0.15) is 200 Å². The van der Waals surface area contributed by atoms with Crippen molar-refractivity contribution in [1.29, 1.82) is 0 Å². The molecule has 1 N–H and O–H groups in total. The molecule has 300 valence electrons. The lowest BCUT2D eigenvalue weighted by molar-refractivity contribution is -0.870. The zero-order chi connectivity index (χ0) is 37.0. The lowest BCUT2D eigenvalue weighted by Crippen LogP contribution is -2.37. The average Bonchev–Trinajstić information content (AvgIpc) is 3.06. The maximum absolute atomic E-state index is 12.4. The van der Waals surface area contributed by atoms with Crippen LogP contribution in [0.4, 0.5) is 0 Å². The summed E-state index contributed by atoms with van der Waals surface area (Å²) in [6, 6.07) is 0. The van der Waals surface area contributed by atoms with Crippen LogP contribution in [0.15, 0.2) is 0 Å².